The Bertz CT molecular complexity index is 2350. The number of aliphatic hydroxyl groups excluding tert-OH is 1. The van der Waals surface area contributed by atoms with Gasteiger partial charge in [-0.25, -0.2) is 9.13 Å². The number of phosphoric acid groups is 2. The van der Waals surface area contributed by atoms with Gasteiger partial charge in [0, 0.05) is 25.7 Å². The molecule has 17 nitrogen and oxygen atoms in total. The third-order valence-electron chi connectivity index (χ3n) is 17.5. The predicted molar refractivity (Wildman–Crippen MR) is 427 cm³/mol. The maximum atomic E-state index is 13.1. The minimum atomic E-state index is -4.99. The number of allylic oxidation sites excluding steroid dienone is 16. The molecule has 0 aromatic rings. The number of carbonyl (C=O) groups is 4. The zero-order valence-corrected chi connectivity index (χ0v) is 67.7. The van der Waals surface area contributed by atoms with Gasteiger partial charge in [0.25, 0.3) is 0 Å². The van der Waals surface area contributed by atoms with Gasteiger partial charge in [0.1, 0.15) is 19.3 Å². The molecule has 0 radical (unpaired) electrons. The van der Waals surface area contributed by atoms with Crippen LogP contribution in [0.15, 0.2) is 97.2 Å². The van der Waals surface area contributed by atoms with Gasteiger partial charge < -0.3 is 33.8 Å². The molecule has 0 bridgehead atoms. The standard InChI is InChI=1S/C85H150O17P2/c1-5-9-13-17-21-25-29-33-37-38-39-40-44-46-50-54-58-62-66-70-83(88)96-76-81(102-85(90)72-68-64-60-56-52-48-43-36-32-28-24-20-16-12-8-4)78-100-104(93,94)98-74-79(86)73-97-103(91,92)99-77-80(101-84(89)71-67-63-59-55-51-47-42-35-31-27-23-19-15-11-7-3)75-95-82(87)69-65-61-57-53-49-45-41-34-30-26-22-18-14-10-6-2/h9,12-13,16,21,24-25,28,33-34,36-37,39-41,43,79-81,86H,5-8,10-11,14-15,17-20,22-23,26-27,29-32,35,38,42,44-78H2,1-4H3,(H,91,92)(H,93,94)/b13-9-,16-12-,25-21-,28-24-,37-33-,40-39-,41-34-,43-36-. The van der Waals surface area contributed by atoms with Crippen LogP contribution in [0.4, 0.5) is 0 Å². The molecule has 0 saturated carbocycles. The summed E-state index contributed by atoms with van der Waals surface area (Å²) in [5, 5.41) is 10.7. The maximum absolute atomic E-state index is 13.1. The first-order valence-electron chi connectivity index (χ1n) is 41.5. The van der Waals surface area contributed by atoms with E-state index in [0.29, 0.717) is 25.7 Å². The van der Waals surface area contributed by atoms with Crippen molar-refractivity contribution in [2.24, 2.45) is 0 Å². The molecule has 0 spiro atoms. The average Bonchev–Trinajstić information content (AvgIpc) is 0.918. The molecule has 0 fully saturated rings. The average molecular weight is 1510 g/mol. The molecule has 0 heterocycles. The van der Waals surface area contributed by atoms with Crippen molar-refractivity contribution in [2.45, 2.75) is 380 Å². The third-order valence-corrected chi connectivity index (χ3v) is 19.4. The molecule has 0 aromatic carbocycles. The number of carbonyl (C=O) groups excluding carboxylic acids is 4. The van der Waals surface area contributed by atoms with Crippen LogP contribution in [-0.2, 0) is 65.4 Å². The second-order valence-corrected chi connectivity index (χ2v) is 30.6. The van der Waals surface area contributed by atoms with Crippen LogP contribution in [0.2, 0.25) is 0 Å². The first kappa shape index (κ1) is 100.0. The van der Waals surface area contributed by atoms with Crippen molar-refractivity contribution in [3.05, 3.63) is 97.2 Å². The van der Waals surface area contributed by atoms with E-state index in [0.717, 1.165) is 180 Å². The lowest BCUT2D eigenvalue weighted by Crippen LogP contribution is -2.30. The summed E-state index contributed by atoms with van der Waals surface area (Å²) in [4.78, 5) is 73.1. The van der Waals surface area contributed by atoms with Crippen LogP contribution in [0.5, 0.6) is 0 Å². The quantitative estimate of drug-likeness (QED) is 0.0169. The van der Waals surface area contributed by atoms with E-state index in [9.17, 15) is 43.2 Å². The van der Waals surface area contributed by atoms with E-state index >= 15 is 0 Å². The Kier molecular flexibility index (Phi) is 74.2. The van der Waals surface area contributed by atoms with E-state index < -0.39 is 97.5 Å². The van der Waals surface area contributed by atoms with Crippen LogP contribution in [0.3, 0.4) is 0 Å². The van der Waals surface area contributed by atoms with Gasteiger partial charge in [0.2, 0.25) is 0 Å². The Hall–Kier alpha value is -4.02. The third kappa shape index (κ3) is 76.2. The molecular formula is C85H150O17P2. The van der Waals surface area contributed by atoms with Gasteiger partial charge in [-0.1, -0.05) is 311 Å². The molecular weight excluding hydrogens is 1350 g/mol. The van der Waals surface area contributed by atoms with E-state index in [2.05, 4.69) is 125 Å². The van der Waals surface area contributed by atoms with E-state index in [1.54, 1.807) is 0 Å². The first-order valence-corrected chi connectivity index (χ1v) is 44.5. The monoisotopic (exact) mass is 1510 g/mol. The smallest absolute Gasteiger partial charge is 0.462 e. The summed E-state index contributed by atoms with van der Waals surface area (Å²) in [6, 6.07) is 0. The molecule has 0 aliphatic rings. The molecule has 5 unspecified atom stereocenters. The molecule has 602 valence electrons. The van der Waals surface area contributed by atoms with Crippen molar-refractivity contribution in [1.29, 1.82) is 0 Å². The van der Waals surface area contributed by atoms with Gasteiger partial charge in [0.15, 0.2) is 12.2 Å². The van der Waals surface area contributed by atoms with Gasteiger partial charge in [-0.15, -0.1) is 0 Å². The lowest BCUT2D eigenvalue weighted by atomic mass is 10.0. The largest absolute Gasteiger partial charge is 0.472 e. The zero-order chi connectivity index (χ0) is 76.0. The zero-order valence-electron chi connectivity index (χ0n) is 65.9. The topological polar surface area (TPSA) is 237 Å². The van der Waals surface area contributed by atoms with E-state index in [-0.39, 0.29) is 25.7 Å². The van der Waals surface area contributed by atoms with Crippen LogP contribution in [0, 0.1) is 0 Å². The number of hydrogen-bond acceptors (Lipinski definition) is 15. The van der Waals surface area contributed by atoms with Gasteiger partial charge in [-0.3, -0.25) is 37.3 Å². The van der Waals surface area contributed by atoms with Crippen molar-refractivity contribution in [2.75, 3.05) is 39.6 Å². The fraction of sp³-hybridized carbons (Fsp3) is 0.765. The van der Waals surface area contributed by atoms with Crippen LogP contribution >= 0.6 is 15.6 Å². The maximum Gasteiger partial charge on any atom is 0.472 e. The summed E-state index contributed by atoms with van der Waals surface area (Å²) >= 11 is 0. The summed E-state index contributed by atoms with van der Waals surface area (Å²) in [5.41, 5.74) is 0. The summed E-state index contributed by atoms with van der Waals surface area (Å²) in [5.74, 6) is -2.19. The summed E-state index contributed by atoms with van der Waals surface area (Å²) in [7, 11) is -9.96. The molecule has 5 atom stereocenters. The molecule has 3 N–H and O–H groups in total. The van der Waals surface area contributed by atoms with Crippen LogP contribution in [-0.4, -0.2) is 96.7 Å². The van der Waals surface area contributed by atoms with E-state index in [4.69, 9.17) is 37.0 Å². The second kappa shape index (κ2) is 77.1. The Morgan fingerprint density at radius 1 is 0.279 bits per heavy atom. The Morgan fingerprint density at radius 2 is 0.500 bits per heavy atom. The van der Waals surface area contributed by atoms with Crippen molar-refractivity contribution in [1.82, 2.24) is 0 Å². The van der Waals surface area contributed by atoms with Crippen LogP contribution in [0.25, 0.3) is 0 Å². The van der Waals surface area contributed by atoms with Gasteiger partial charge >= 0.3 is 39.5 Å². The lowest BCUT2D eigenvalue weighted by molar-refractivity contribution is -0.161. The summed E-state index contributed by atoms with van der Waals surface area (Å²) in [6.07, 6.45) is 82.3. The highest BCUT2D eigenvalue weighted by molar-refractivity contribution is 7.47. The molecule has 0 saturated heterocycles. The molecule has 19 heteroatoms. The van der Waals surface area contributed by atoms with Gasteiger partial charge in [0.05, 0.1) is 26.4 Å². The number of unbranched alkanes of at least 4 members (excludes halogenated alkanes) is 36. The first-order chi connectivity index (χ1) is 50.7. The summed E-state index contributed by atoms with van der Waals surface area (Å²) in [6.45, 7) is 4.67. The van der Waals surface area contributed by atoms with Crippen molar-refractivity contribution >= 4 is 39.5 Å². The molecule has 0 aliphatic heterocycles. The van der Waals surface area contributed by atoms with Crippen LogP contribution < -0.4 is 0 Å². The van der Waals surface area contributed by atoms with Crippen LogP contribution in [0.1, 0.15) is 362 Å². The molecule has 0 aliphatic carbocycles. The number of aliphatic hydroxyl groups is 1. The molecule has 0 aromatic heterocycles. The highest BCUT2D eigenvalue weighted by Gasteiger charge is 2.30. The summed E-state index contributed by atoms with van der Waals surface area (Å²) < 4.78 is 68.7. The number of hydrogen-bond donors (Lipinski definition) is 3. The van der Waals surface area contributed by atoms with Gasteiger partial charge in [-0.2, -0.15) is 0 Å². The Morgan fingerprint density at radius 3 is 0.779 bits per heavy atom. The minimum absolute atomic E-state index is 0.0720. The Balaban J connectivity index is 5.36. The molecule has 0 amide bonds. The lowest BCUT2D eigenvalue weighted by Gasteiger charge is -2.21. The predicted octanol–water partition coefficient (Wildman–Crippen LogP) is 24.3. The number of esters is 4. The number of ether oxygens (including phenoxy) is 4. The minimum Gasteiger partial charge on any atom is -0.462 e. The van der Waals surface area contributed by atoms with E-state index in [1.807, 2.05) is 0 Å². The highest BCUT2D eigenvalue weighted by atomic mass is 31.2. The number of phosphoric ester groups is 2. The van der Waals surface area contributed by atoms with Crippen molar-refractivity contribution in [3.8, 4) is 0 Å². The van der Waals surface area contributed by atoms with Crippen molar-refractivity contribution in [3.63, 3.8) is 0 Å². The highest BCUT2D eigenvalue weighted by Crippen LogP contribution is 2.45. The van der Waals surface area contributed by atoms with Crippen molar-refractivity contribution < 1.29 is 80.2 Å². The normalized spacial score (nSPS) is 14.3. The molecule has 0 rings (SSSR count). The van der Waals surface area contributed by atoms with Gasteiger partial charge in [-0.05, 0) is 122 Å². The fourth-order valence-electron chi connectivity index (χ4n) is 11.3. The second-order valence-electron chi connectivity index (χ2n) is 27.7. The molecule has 104 heavy (non-hydrogen) atoms. The number of rotatable bonds is 78. The Labute approximate surface area is 633 Å². The van der Waals surface area contributed by atoms with E-state index in [1.165, 1.54) is 103 Å². The fourth-order valence-corrected chi connectivity index (χ4v) is 12.9. The SMILES string of the molecule is CC/C=C\C/C=C\C/C=C\C/C=C\CCCCCCCCC(=O)OCC(COP(=O)(O)OCC(O)COP(=O)(O)OCC(COC(=O)CCCCCCC/C=C\CCCCCCCC)OC(=O)CCCCCCCCCCCCCCCCC)OC(=O)CCCCCCC/C=C\C/C=C\C/C=C\CC.